The Bertz CT molecular complexity index is 584. The molecule has 2 aliphatic rings. The van der Waals surface area contributed by atoms with Crippen molar-refractivity contribution in [1.82, 2.24) is 19.4 Å². The minimum atomic E-state index is -3.26. The Hall–Kier alpha value is -0.900. The molecule has 0 radical (unpaired) electrons. The van der Waals surface area contributed by atoms with Crippen LogP contribution in [0.5, 0.6) is 0 Å². The van der Waals surface area contributed by atoms with Crippen molar-refractivity contribution in [3.05, 3.63) is 0 Å². The van der Waals surface area contributed by atoms with Crippen molar-refractivity contribution in [2.75, 3.05) is 64.7 Å². The molecule has 0 amide bonds. The summed E-state index contributed by atoms with van der Waals surface area (Å²) < 4.78 is 32.0. The van der Waals surface area contributed by atoms with Crippen LogP contribution in [0.15, 0.2) is 4.99 Å². The van der Waals surface area contributed by atoms with Gasteiger partial charge in [-0.05, 0) is 40.2 Å². The lowest BCUT2D eigenvalue weighted by atomic mass is 10.4. The first-order valence-corrected chi connectivity index (χ1v) is 12.3. The Balaban J connectivity index is 1.82. The number of piperazine rings is 1. The van der Waals surface area contributed by atoms with Gasteiger partial charge in [0.1, 0.15) is 0 Å². The molecule has 1 heterocycles. The summed E-state index contributed by atoms with van der Waals surface area (Å²) in [5.74, 6) is 0.947. The molecule has 2 fully saturated rings. The zero-order valence-corrected chi connectivity index (χ0v) is 18.9. The van der Waals surface area contributed by atoms with E-state index in [4.69, 9.17) is 9.73 Å². The molecule has 0 aromatic rings. The van der Waals surface area contributed by atoms with Crippen LogP contribution in [0.25, 0.3) is 0 Å². The van der Waals surface area contributed by atoms with Gasteiger partial charge in [-0.15, -0.1) is 0 Å². The normalized spacial score (nSPS) is 19.6. The summed E-state index contributed by atoms with van der Waals surface area (Å²) in [6.07, 6.45) is 2.68. The van der Waals surface area contributed by atoms with E-state index in [9.17, 15) is 8.42 Å². The maximum absolute atomic E-state index is 12.5. The predicted molar refractivity (Wildman–Crippen MR) is 114 cm³/mol. The van der Waals surface area contributed by atoms with E-state index in [1.165, 1.54) is 12.8 Å². The molecular formula is C19H39N5O3S. The fourth-order valence-corrected chi connectivity index (χ4v) is 4.73. The number of nitrogens with zero attached hydrogens (tertiary/aromatic N) is 4. The zero-order valence-electron chi connectivity index (χ0n) is 18.1. The van der Waals surface area contributed by atoms with Crippen molar-refractivity contribution in [2.45, 2.75) is 52.7 Å². The fourth-order valence-electron chi connectivity index (χ4n) is 3.45. The third kappa shape index (κ3) is 7.50. The number of aliphatic imine (C=N–C) groups is 1. The summed E-state index contributed by atoms with van der Waals surface area (Å²) in [7, 11) is -3.26. The van der Waals surface area contributed by atoms with E-state index in [-0.39, 0.29) is 18.5 Å². The van der Waals surface area contributed by atoms with Crippen LogP contribution in [0, 0.1) is 0 Å². The minimum absolute atomic E-state index is 0.0490. The van der Waals surface area contributed by atoms with Gasteiger partial charge in [0.05, 0.1) is 25.0 Å². The second-order valence-corrected chi connectivity index (χ2v) is 9.81. The van der Waals surface area contributed by atoms with Gasteiger partial charge in [0.2, 0.25) is 10.0 Å². The van der Waals surface area contributed by atoms with Gasteiger partial charge in [0, 0.05) is 45.3 Å². The molecule has 0 bridgehead atoms. The summed E-state index contributed by atoms with van der Waals surface area (Å²) in [4.78, 5) is 9.46. The topological polar surface area (TPSA) is 77.5 Å². The maximum Gasteiger partial charge on any atom is 0.216 e. The number of hydrogen-bond acceptors (Lipinski definition) is 5. The van der Waals surface area contributed by atoms with E-state index >= 15 is 0 Å². The molecule has 1 saturated carbocycles. The first-order valence-electron chi connectivity index (χ1n) is 10.7. The van der Waals surface area contributed by atoms with E-state index in [2.05, 4.69) is 29.0 Å². The first-order chi connectivity index (χ1) is 13.4. The van der Waals surface area contributed by atoms with E-state index < -0.39 is 10.0 Å². The minimum Gasteiger partial charge on any atom is -0.378 e. The Morgan fingerprint density at radius 2 is 1.89 bits per heavy atom. The van der Waals surface area contributed by atoms with Crippen LogP contribution in [0.2, 0.25) is 0 Å². The number of likely N-dealkylation sites (N-methyl/N-ethyl adjacent to an activating group) is 1. The predicted octanol–water partition coefficient (Wildman–Crippen LogP) is 0.809. The van der Waals surface area contributed by atoms with Crippen molar-refractivity contribution in [3.63, 3.8) is 0 Å². The van der Waals surface area contributed by atoms with Crippen molar-refractivity contribution < 1.29 is 13.2 Å². The van der Waals surface area contributed by atoms with Crippen LogP contribution in [-0.4, -0.2) is 105 Å². The van der Waals surface area contributed by atoms with Gasteiger partial charge < -0.3 is 15.0 Å². The molecule has 8 nitrogen and oxygen atoms in total. The Labute approximate surface area is 171 Å². The molecule has 1 N–H and O–H groups in total. The number of nitrogens with one attached hydrogen (secondary N) is 1. The largest absolute Gasteiger partial charge is 0.378 e. The molecule has 0 spiro atoms. The second-order valence-electron chi connectivity index (χ2n) is 7.72. The third-order valence-electron chi connectivity index (χ3n) is 5.18. The monoisotopic (exact) mass is 417 g/mol. The average Bonchev–Trinajstić information content (AvgIpc) is 3.49. The van der Waals surface area contributed by atoms with E-state index in [1.807, 2.05) is 13.8 Å². The van der Waals surface area contributed by atoms with Crippen LogP contribution in [0.4, 0.5) is 0 Å². The van der Waals surface area contributed by atoms with Gasteiger partial charge in [0.15, 0.2) is 5.96 Å². The maximum atomic E-state index is 12.5. The molecule has 1 aliphatic heterocycles. The molecule has 1 saturated heterocycles. The number of sulfonamides is 1. The molecule has 0 aromatic carbocycles. The standard InChI is InChI=1S/C19H39N5O3S/c1-5-20-19(21-9-10-22(6-2)18-7-8-18)23-11-13-24(14-12-23)28(25,26)16-15-27-17(3)4/h17-18H,5-16H2,1-4H3,(H,20,21). The van der Waals surface area contributed by atoms with Crippen molar-refractivity contribution >= 4 is 16.0 Å². The lowest BCUT2D eigenvalue weighted by molar-refractivity contribution is 0.0904. The third-order valence-corrected chi connectivity index (χ3v) is 7.01. The smallest absolute Gasteiger partial charge is 0.216 e. The molecule has 1 aliphatic carbocycles. The van der Waals surface area contributed by atoms with Gasteiger partial charge in [-0.2, -0.15) is 4.31 Å². The zero-order chi connectivity index (χ0) is 20.6. The highest BCUT2D eigenvalue weighted by molar-refractivity contribution is 7.89. The summed E-state index contributed by atoms with van der Waals surface area (Å²) in [5.41, 5.74) is 0. The van der Waals surface area contributed by atoms with E-state index in [1.54, 1.807) is 4.31 Å². The molecule has 9 heteroatoms. The highest BCUT2D eigenvalue weighted by Crippen LogP contribution is 2.25. The molecular weight excluding hydrogens is 378 g/mol. The Morgan fingerprint density at radius 3 is 2.43 bits per heavy atom. The fraction of sp³-hybridized carbons (Fsp3) is 0.947. The Kier molecular flexibility index (Phi) is 9.46. The molecule has 0 aromatic heterocycles. The van der Waals surface area contributed by atoms with Crippen LogP contribution in [-0.2, 0) is 14.8 Å². The van der Waals surface area contributed by atoms with Crippen molar-refractivity contribution in [1.29, 1.82) is 0 Å². The molecule has 0 atom stereocenters. The Morgan fingerprint density at radius 1 is 1.21 bits per heavy atom. The molecule has 2 rings (SSSR count). The van der Waals surface area contributed by atoms with Gasteiger partial charge >= 0.3 is 0 Å². The van der Waals surface area contributed by atoms with Crippen molar-refractivity contribution in [2.24, 2.45) is 4.99 Å². The molecule has 0 unspecified atom stereocenters. The SMILES string of the molecule is CCNC(=NCCN(CC)C1CC1)N1CCN(S(=O)(=O)CCOC(C)C)CC1. The quantitative estimate of drug-likeness (QED) is 0.396. The summed E-state index contributed by atoms with van der Waals surface area (Å²) in [6.45, 7) is 14.3. The van der Waals surface area contributed by atoms with Crippen LogP contribution in [0.3, 0.4) is 0 Å². The number of guanidine groups is 1. The highest BCUT2D eigenvalue weighted by Gasteiger charge is 2.29. The van der Waals surface area contributed by atoms with Crippen LogP contribution in [0.1, 0.15) is 40.5 Å². The lowest BCUT2D eigenvalue weighted by Gasteiger charge is -2.36. The van der Waals surface area contributed by atoms with Gasteiger partial charge in [0.25, 0.3) is 0 Å². The average molecular weight is 418 g/mol. The van der Waals surface area contributed by atoms with E-state index in [0.717, 1.165) is 38.2 Å². The van der Waals surface area contributed by atoms with Crippen LogP contribution >= 0.6 is 0 Å². The summed E-state index contributed by atoms with van der Waals surface area (Å²) in [6, 6.07) is 0.760. The molecule has 28 heavy (non-hydrogen) atoms. The molecule has 164 valence electrons. The number of ether oxygens (including phenoxy) is 1. The van der Waals surface area contributed by atoms with Crippen LogP contribution < -0.4 is 5.32 Å². The van der Waals surface area contributed by atoms with Gasteiger partial charge in [-0.3, -0.25) is 9.89 Å². The number of rotatable bonds is 11. The lowest BCUT2D eigenvalue weighted by Crippen LogP contribution is -2.54. The summed E-state index contributed by atoms with van der Waals surface area (Å²) in [5, 5.41) is 3.36. The van der Waals surface area contributed by atoms with Crippen molar-refractivity contribution in [3.8, 4) is 0 Å². The van der Waals surface area contributed by atoms with Gasteiger partial charge in [-0.25, -0.2) is 8.42 Å². The van der Waals surface area contributed by atoms with E-state index in [0.29, 0.717) is 26.2 Å². The first kappa shape index (κ1) is 23.4. The number of hydrogen-bond donors (Lipinski definition) is 1. The summed E-state index contributed by atoms with van der Waals surface area (Å²) >= 11 is 0. The second kappa shape index (κ2) is 11.3. The highest BCUT2D eigenvalue weighted by atomic mass is 32.2. The van der Waals surface area contributed by atoms with Gasteiger partial charge in [-0.1, -0.05) is 6.92 Å².